The van der Waals surface area contributed by atoms with Gasteiger partial charge in [-0.1, -0.05) is 36.4 Å². The molecule has 0 fully saturated rings. The largest absolute Gasteiger partial charge is 0.347 e. The molecule has 2 aromatic heterocycles. The molecule has 5 heteroatoms. The van der Waals surface area contributed by atoms with E-state index in [-0.39, 0.29) is 5.91 Å². The highest BCUT2D eigenvalue weighted by Gasteiger charge is 2.12. The molecule has 0 saturated heterocycles. The summed E-state index contributed by atoms with van der Waals surface area (Å²) in [5.74, 6) is 0.910. The number of pyridine rings is 1. The van der Waals surface area contributed by atoms with Gasteiger partial charge in [0.1, 0.15) is 5.03 Å². The number of amides is 1. The summed E-state index contributed by atoms with van der Waals surface area (Å²) in [6.07, 6.45) is 5.09. The van der Waals surface area contributed by atoms with E-state index >= 15 is 0 Å². The van der Waals surface area contributed by atoms with Gasteiger partial charge in [0.2, 0.25) is 0 Å². The van der Waals surface area contributed by atoms with Gasteiger partial charge < -0.3 is 5.32 Å². The molecule has 26 heavy (non-hydrogen) atoms. The van der Waals surface area contributed by atoms with Crippen LogP contribution in [0.4, 0.5) is 0 Å². The summed E-state index contributed by atoms with van der Waals surface area (Å²) in [7, 11) is 0. The van der Waals surface area contributed by atoms with Crippen LogP contribution in [-0.4, -0.2) is 16.6 Å². The minimum atomic E-state index is -0.0571. The van der Waals surface area contributed by atoms with E-state index < -0.39 is 0 Å². The molecule has 1 N–H and O–H groups in total. The Morgan fingerprint density at radius 1 is 1.04 bits per heavy atom. The summed E-state index contributed by atoms with van der Waals surface area (Å²) in [6, 6.07) is 18.2. The van der Waals surface area contributed by atoms with Crippen LogP contribution in [0.25, 0.3) is 0 Å². The number of aryl methyl sites for hydroxylation is 1. The standard InChI is InChI=1S/C21H22N2OS2/c24-20(23-16-18-11-7-15-25-18)19-12-6-13-22-21(19)26-14-5-4-10-17-8-2-1-3-9-17/h1-3,6-9,11-13,15H,4-5,10,14,16H2,(H,23,24). The SMILES string of the molecule is O=C(NCc1cccs1)c1cccnc1SCCCCc1ccccc1. The van der Waals surface area contributed by atoms with E-state index in [1.54, 1.807) is 29.3 Å². The molecule has 1 aromatic carbocycles. The number of hydrogen-bond donors (Lipinski definition) is 1. The van der Waals surface area contributed by atoms with E-state index in [1.165, 1.54) is 5.56 Å². The summed E-state index contributed by atoms with van der Waals surface area (Å²) >= 11 is 3.31. The smallest absolute Gasteiger partial charge is 0.254 e. The number of thioether (sulfide) groups is 1. The summed E-state index contributed by atoms with van der Waals surface area (Å²) in [5, 5.41) is 5.81. The Morgan fingerprint density at radius 3 is 2.73 bits per heavy atom. The van der Waals surface area contributed by atoms with Crippen LogP contribution in [0.2, 0.25) is 0 Å². The molecule has 1 amide bonds. The van der Waals surface area contributed by atoms with Gasteiger partial charge in [0.05, 0.1) is 12.1 Å². The molecule has 0 bridgehead atoms. The topological polar surface area (TPSA) is 42.0 Å². The average Bonchev–Trinajstić information content (AvgIpc) is 3.21. The Kier molecular flexibility index (Phi) is 7.28. The second-order valence-corrected chi connectivity index (χ2v) is 8.03. The maximum atomic E-state index is 12.5. The molecule has 0 aliphatic rings. The molecule has 0 aliphatic heterocycles. The van der Waals surface area contributed by atoms with E-state index in [2.05, 4.69) is 34.6 Å². The molecule has 3 nitrogen and oxygen atoms in total. The zero-order chi connectivity index (χ0) is 18.0. The van der Waals surface area contributed by atoms with Crippen molar-refractivity contribution in [3.63, 3.8) is 0 Å². The number of benzene rings is 1. The Balaban J connectivity index is 1.46. The van der Waals surface area contributed by atoms with Gasteiger partial charge in [-0.3, -0.25) is 4.79 Å². The first-order valence-electron chi connectivity index (χ1n) is 8.75. The van der Waals surface area contributed by atoms with Crippen molar-refractivity contribution in [2.45, 2.75) is 30.8 Å². The van der Waals surface area contributed by atoms with E-state index in [0.29, 0.717) is 12.1 Å². The number of carbonyl (C=O) groups is 1. The van der Waals surface area contributed by atoms with Crippen LogP contribution in [0.3, 0.4) is 0 Å². The van der Waals surface area contributed by atoms with Crippen LogP contribution in [0.1, 0.15) is 33.6 Å². The fraction of sp³-hybridized carbons (Fsp3) is 0.238. The third-order valence-electron chi connectivity index (χ3n) is 3.96. The lowest BCUT2D eigenvalue weighted by Crippen LogP contribution is -2.23. The lowest BCUT2D eigenvalue weighted by Gasteiger charge is -2.08. The van der Waals surface area contributed by atoms with Gasteiger partial charge in [0.25, 0.3) is 5.91 Å². The highest BCUT2D eigenvalue weighted by Crippen LogP contribution is 2.22. The number of nitrogens with one attached hydrogen (secondary N) is 1. The van der Waals surface area contributed by atoms with Crippen LogP contribution >= 0.6 is 23.1 Å². The normalized spacial score (nSPS) is 10.6. The summed E-state index contributed by atoms with van der Waals surface area (Å²) in [6.45, 7) is 0.562. The highest BCUT2D eigenvalue weighted by atomic mass is 32.2. The van der Waals surface area contributed by atoms with Crippen LogP contribution in [-0.2, 0) is 13.0 Å². The van der Waals surface area contributed by atoms with Crippen molar-refractivity contribution in [1.82, 2.24) is 10.3 Å². The van der Waals surface area contributed by atoms with Crippen LogP contribution in [0, 0.1) is 0 Å². The lowest BCUT2D eigenvalue weighted by atomic mass is 10.1. The monoisotopic (exact) mass is 382 g/mol. The van der Waals surface area contributed by atoms with Crippen molar-refractivity contribution >= 4 is 29.0 Å². The molecule has 0 spiro atoms. The van der Waals surface area contributed by atoms with Crippen molar-refractivity contribution in [3.8, 4) is 0 Å². The molecule has 0 atom stereocenters. The van der Waals surface area contributed by atoms with Gasteiger partial charge in [-0.05, 0) is 54.2 Å². The fourth-order valence-corrected chi connectivity index (χ4v) is 4.24. The van der Waals surface area contributed by atoms with Crippen LogP contribution in [0.15, 0.2) is 71.2 Å². The molecule has 2 heterocycles. The number of hydrogen-bond acceptors (Lipinski definition) is 4. The van der Waals surface area contributed by atoms with Gasteiger partial charge >= 0.3 is 0 Å². The molecule has 0 saturated carbocycles. The number of nitrogens with zero attached hydrogens (tertiary/aromatic N) is 1. The minimum Gasteiger partial charge on any atom is -0.347 e. The van der Waals surface area contributed by atoms with Gasteiger partial charge in [-0.15, -0.1) is 23.1 Å². The predicted octanol–water partition coefficient (Wildman–Crippen LogP) is 5.19. The van der Waals surface area contributed by atoms with Gasteiger partial charge in [0.15, 0.2) is 0 Å². The second-order valence-electron chi connectivity index (χ2n) is 5.91. The lowest BCUT2D eigenvalue weighted by molar-refractivity contribution is 0.0947. The maximum absolute atomic E-state index is 12.5. The molecule has 3 rings (SSSR count). The van der Waals surface area contributed by atoms with E-state index in [1.807, 2.05) is 35.7 Å². The molecular weight excluding hydrogens is 360 g/mol. The van der Waals surface area contributed by atoms with Crippen molar-refractivity contribution < 1.29 is 4.79 Å². The fourth-order valence-electron chi connectivity index (χ4n) is 2.60. The summed E-state index contributed by atoms with van der Waals surface area (Å²) in [5.41, 5.74) is 2.04. The predicted molar refractivity (Wildman–Crippen MR) is 110 cm³/mol. The number of unbranched alkanes of at least 4 members (excludes halogenated alkanes) is 1. The average molecular weight is 383 g/mol. The van der Waals surface area contributed by atoms with Gasteiger partial charge in [-0.2, -0.15) is 0 Å². The zero-order valence-corrected chi connectivity index (χ0v) is 16.2. The molecule has 0 aliphatic carbocycles. The van der Waals surface area contributed by atoms with Crippen molar-refractivity contribution in [3.05, 3.63) is 82.2 Å². The first kappa shape index (κ1) is 18.7. The number of thiophene rings is 1. The highest BCUT2D eigenvalue weighted by molar-refractivity contribution is 7.99. The summed E-state index contributed by atoms with van der Waals surface area (Å²) < 4.78 is 0. The zero-order valence-electron chi connectivity index (χ0n) is 14.6. The third kappa shape index (κ3) is 5.71. The van der Waals surface area contributed by atoms with Crippen LogP contribution < -0.4 is 5.32 Å². The van der Waals surface area contributed by atoms with Crippen molar-refractivity contribution in [2.24, 2.45) is 0 Å². The Morgan fingerprint density at radius 2 is 1.92 bits per heavy atom. The van der Waals surface area contributed by atoms with Crippen molar-refractivity contribution in [2.75, 3.05) is 5.75 Å². The Bertz CT molecular complexity index is 804. The first-order valence-corrected chi connectivity index (χ1v) is 10.6. The Labute approximate surface area is 162 Å². The number of rotatable bonds is 9. The minimum absolute atomic E-state index is 0.0571. The molecule has 0 radical (unpaired) electrons. The number of carbonyl (C=O) groups excluding carboxylic acids is 1. The Hall–Kier alpha value is -2.11. The third-order valence-corrected chi connectivity index (χ3v) is 5.93. The van der Waals surface area contributed by atoms with Gasteiger partial charge in [-0.25, -0.2) is 4.98 Å². The maximum Gasteiger partial charge on any atom is 0.254 e. The first-order chi connectivity index (χ1) is 12.8. The van der Waals surface area contributed by atoms with Crippen LogP contribution in [0.5, 0.6) is 0 Å². The van der Waals surface area contributed by atoms with E-state index in [0.717, 1.165) is 34.9 Å². The van der Waals surface area contributed by atoms with Crippen molar-refractivity contribution in [1.29, 1.82) is 0 Å². The molecule has 3 aromatic rings. The molecule has 0 unspecified atom stereocenters. The number of aromatic nitrogens is 1. The second kappa shape index (κ2) is 10.1. The van der Waals surface area contributed by atoms with E-state index in [9.17, 15) is 4.79 Å². The van der Waals surface area contributed by atoms with E-state index in [4.69, 9.17) is 0 Å². The van der Waals surface area contributed by atoms with Gasteiger partial charge in [0, 0.05) is 11.1 Å². The molecular formula is C21H22N2OS2. The quantitative estimate of drug-likeness (QED) is 0.409. The summed E-state index contributed by atoms with van der Waals surface area (Å²) in [4.78, 5) is 18.0. The molecule has 134 valence electrons.